The highest BCUT2D eigenvalue weighted by Crippen LogP contribution is 2.39. The van der Waals surface area contributed by atoms with Crippen LogP contribution in [0.2, 0.25) is 0 Å². The Morgan fingerprint density at radius 1 is 1.02 bits per heavy atom. The van der Waals surface area contributed by atoms with Gasteiger partial charge in [0.25, 0.3) is 5.91 Å². The quantitative estimate of drug-likeness (QED) is 0.338. The van der Waals surface area contributed by atoms with Gasteiger partial charge in [0.2, 0.25) is 5.91 Å². The maximum absolute atomic E-state index is 14.6. The second-order valence-corrected chi connectivity index (χ2v) is 14.3. The van der Waals surface area contributed by atoms with Crippen molar-refractivity contribution < 1.29 is 23.9 Å². The lowest BCUT2D eigenvalue weighted by Crippen LogP contribution is -2.58. The number of rotatable bonds is 10. The normalized spacial score (nSPS) is 23.5. The number of benzene rings is 1. The number of ether oxygens (including phenoxy) is 2. The number of hydrogen-bond acceptors (Lipinski definition) is 6. The number of imidazole rings is 1. The minimum Gasteiger partial charge on any atom is -0.444 e. The minimum absolute atomic E-state index is 0.121. The lowest BCUT2D eigenvalue weighted by molar-refractivity contribution is -0.139. The molecule has 1 aromatic heterocycles. The van der Waals surface area contributed by atoms with Crippen LogP contribution in [-0.2, 0) is 20.8 Å². The van der Waals surface area contributed by atoms with E-state index in [1.165, 1.54) is 0 Å². The van der Waals surface area contributed by atoms with Crippen LogP contribution >= 0.6 is 0 Å². The van der Waals surface area contributed by atoms with Crippen molar-refractivity contribution in [3.63, 3.8) is 0 Å². The predicted octanol–water partition coefficient (Wildman–Crippen LogP) is 5.34. The molecule has 2 bridgehead atoms. The molecule has 1 aromatic carbocycles. The monoisotopic (exact) mass is 609 g/mol. The second-order valence-electron chi connectivity index (χ2n) is 14.3. The van der Waals surface area contributed by atoms with Crippen LogP contribution in [0.3, 0.4) is 0 Å². The summed E-state index contributed by atoms with van der Waals surface area (Å²) >= 11 is 0. The molecular formula is C34H51N5O5. The molecule has 0 spiro atoms. The van der Waals surface area contributed by atoms with Gasteiger partial charge in [0.1, 0.15) is 5.60 Å². The summed E-state index contributed by atoms with van der Waals surface area (Å²) in [6.07, 6.45) is 6.03. The molecule has 0 radical (unpaired) electrons. The average molecular weight is 610 g/mol. The van der Waals surface area contributed by atoms with Crippen LogP contribution in [-0.4, -0.2) is 99.2 Å². The van der Waals surface area contributed by atoms with Gasteiger partial charge in [0, 0.05) is 52.0 Å². The van der Waals surface area contributed by atoms with Gasteiger partial charge in [0.15, 0.2) is 5.82 Å². The molecule has 44 heavy (non-hydrogen) atoms. The summed E-state index contributed by atoms with van der Waals surface area (Å²) in [4.78, 5) is 52.7. The Morgan fingerprint density at radius 3 is 2.34 bits per heavy atom. The highest BCUT2D eigenvalue weighted by atomic mass is 16.6. The van der Waals surface area contributed by atoms with Crippen molar-refractivity contribution in [2.75, 3.05) is 33.4 Å². The molecule has 3 aliphatic heterocycles. The van der Waals surface area contributed by atoms with Gasteiger partial charge in [-0.15, -0.1) is 0 Å². The van der Waals surface area contributed by atoms with Gasteiger partial charge in [-0.3, -0.25) is 9.59 Å². The molecule has 0 saturated carbocycles. The molecule has 242 valence electrons. The Labute approximate surface area is 262 Å². The maximum atomic E-state index is 14.6. The van der Waals surface area contributed by atoms with Crippen molar-refractivity contribution in [1.29, 1.82) is 0 Å². The first-order valence-corrected chi connectivity index (χ1v) is 16.5. The molecule has 3 aliphatic rings. The van der Waals surface area contributed by atoms with Crippen molar-refractivity contribution in [3.8, 4) is 0 Å². The molecule has 0 aliphatic carbocycles. The zero-order valence-corrected chi connectivity index (χ0v) is 27.5. The summed E-state index contributed by atoms with van der Waals surface area (Å²) < 4.78 is 13.1. The first kappa shape index (κ1) is 32.3. The molecule has 5 rings (SSSR count). The van der Waals surface area contributed by atoms with Crippen molar-refractivity contribution in [2.24, 2.45) is 11.8 Å². The zero-order valence-electron chi connectivity index (χ0n) is 27.5. The van der Waals surface area contributed by atoms with Crippen LogP contribution in [0.1, 0.15) is 90.2 Å². The fourth-order valence-corrected chi connectivity index (χ4v) is 7.34. The summed E-state index contributed by atoms with van der Waals surface area (Å²) in [6.45, 7) is 12.2. The second kappa shape index (κ2) is 13.5. The number of nitrogens with zero attached hydrogens (tertiary/aromatic N) is 5. The van der Waals surface area contributed by atoms with Crippen molar-refractivity contribution >= 4 is 28.9 Å². The lowest BCUT2D eigenvalue weighted by Gasteiger charge is -2.44. The van der Waals surface area contributed by atoms with E-state index in [-0.39, 0.29) is 23.8 Å². The molecule has 2 aromatic rings. The smallest absolute Gasteiger partial charge is 0.410 e. The van der Waals surface area contributed by atoms with E-state index >= 15 is 0 Å². The zero-order chi connectivity index (χ0) is 31.6. The lowest BCUT2D eigenvalue weighted by atomic mass is 9.91. The van der Waals surface area contributed by atoms with Gasteiger partial charge in [-0.2, -0.15) is 0 Å². The van der Waals surface area contributed by atoms with E-state index in [1.54, 1.807) is 12.0 Å². The maximum Gasteiger partial charge on any atom is 0.410 e. The molecule has 10 nitrogen and oxygen atoms in total. The number of methoxy groups -OCH3 is 1. The van der Waals surface area contributed by atoms with E-state index in [0.717, 1.165) is 49.6 Å². The Hall–Kier alpha value is -3.14. The number of aromatic nitrogens is 2. The van der Waals surface area contributed by atoms with Gasteiger partial charge >= 0.3 is 6.09 Å². The van der Waals surface area contributed by atoms with Crippen molar-refractivity contribution in [1.82, 2.24) is 24.3 Å². The Kier molecular flexibility index (Phi) is 9.87. The van der Waals surface area contributed by atoms with E-state index in [2.05, 4.69) is 18.7 Å². The standard InChI is InChI=1S/C34H51N5O5/c1-23(2)20-38(32(41)30-35-28-11-7-8-12-29(28)37(30)17-9-10-18-43-6)27-19-24(21-36(22-27)33(42)44-34(3,4)5)31(40)39-25-13-14-26(39)16-15-25/h7-8,11-12,23-27H,9-10,13-22H2,1-6H3/t24?,25?,26?,27-/m0/s1. The van der Waals surface area contributed by atoms with Gasteiger partial charge in [-0.05, 0) is 83.8 Å². The van der Waals surface area contributed by atoms with E-state index in [0.29, 0.717) is 57.1 Å². The van der Waals surface area contributed by atoms with Crippen LogP contribution in [0.15, 0.2) is 24.3 Å². The molecular weight excluding hydrogens is 558 g/mol. The minimum atomic E-state index is -0.668. The van der Waals surface area contributed by atoms with Crippen LogP contribution in [0.5, 0.6) is 0 Å². The van der Waals surface area contributed by atoms with E-state index < -0.39 is 17.6 Å². The van der Waals surface area contributed by atoms with Gasteiger partial charge in [-0.1, -0.05) is 26.0 Å². The summed E-state index contributed by atoms with van der Waals surface area (Å²) in [7, 11) is 1.70. The van der Waals surface area contributed by atoms with E-state index in [1.807, 2.05) is 54.5 Å². The van der Waals surface area contributed by atoms with Crippen LogP contribution < -0.4 is 0 Å². The van der Waals surface area contributed by atoms with Crippen LogP contribution in [0, 0.1) is 11.8 Å². The third-order valence-electron chi connectivity index (χ3n) is 9.23. The first-order valence-electron chi connectivity index (χ1n) is 16.5. The SMILES string of the molecule is COCCCCn1c(C(=O)N(CC(C)C)[C@H]2CC(C(=O)N3C4CCC3CC4)CN(C(=O)OC(C)(C)C)C2)nc2ccccc21. The van der Waals surface area contributed by atoms with Crippen molar-refractivity contribution in [3.05, 3.63) is 30.1 Å². The summed E-state index contributed by atoms with van der Waals surface area (Å²) in [6, 6.07) is 8.11. The van der Waals surface area contributed by atoms with Crippen molar-refractivity contribution in [2.45, 2.75) is 110 Å². The molecule has 4 heterocycles. The fraction of sp³-hybridized carbons (Fsp3) is 0.706. The molecule has 2 atom stereocenters. The third kappa shape index (κ3) is 7.05. The molecule has 3 saturated heterocycles. The average Bonchev–Trinajstić information content (AvgIpc) is 3.69. The van der Waals surface area contributed by atoms with Gasteiger partial charge in [0.05, 0.1) is 23.0 Å². The number of likely N-dealkylation sites (tertiary alicyclic amines) is 1. The molecule has 1 unspecified atom stereocenters. The predicted molar refractivity (Wildman–Crippen MR) is 169 cm³/mol. The van der Waals surface area contributed by atoms with E-state index in [4.69, 9.17) is 14.5 Å². The summed E-state index contributed by atoms with van der Waals surface area (Å²) in [5, 5.41) is 0. The van der Waals surface area contributed by atoms with Crippen LogP contribution in [0.4, 0.5) is 4.79 Å². The van der Waals surface area contributed by atoms with Gasteiger partial charge in [-0.25, -0.2) is 9.78 Å². The largest absolute Gasteiger partial charge is 0.444 e. The van der Waals surface area contributed by atoms with Gasteiger partial charge < -0.3 is 28.7 Å². The Balaban J connectivity index is 1.47. The number of hydrogen-bond donors (Lipinski definition) is 0. The number of aryl methyl sites for hydroxylation is 1. The number of fused-ring (bicyclic) bond motifs is 3. The Bertz CT molecular complexity index is 1310. The third-order valence-corrected chi connectivity index (χ3v) is 9.23. The number of para-hydroxylation sites is 2. The highest BCUT2D eigenvalue weighted by molar-refractivity contribution is 5.95. The molecule has 3 amide bonds. The first-order chi connectivity index (χ1) is 21.0. The number of carbonyl (C=O) groups is 3. The fourth-order valence-electron chi connectivity index (χ4n) is 7.34. The molecule has 3 fully saturated rings. The highest BCUT2D eigenvalue weighted by Gasteiger charge is 2.47. The number of amides is 3. The molecule has 10 heteroatoms. The number of piperidine rings is 1. The Morgan fingerprint density at radius 2 is 1.70 bits per heavy atom. The summed E-state index contributed by atoms with van der Waals surface area (Å²) in [5.74, 6) is 0.150. The number of carbonyl (C=O) groups excluding carboxylic acids is 3. The topological polar surface area (TPSA) is 97.2 Å². The van der Waals surface area contributed by atoms with Crippen LogP contribution in [0.25, 0.3) is 11.0 Å². The molecule has 0 N–H and O–H groups in total. The summed E-state index contributed by atoms with van der Waals surface area (Å²) in [5.41, 5.74) is 1.04. The van der Waals surface area contributed by atoms with E-state index in [9.17, 15) is 14.4 Å². The number of unbranched alkanes of at least 4 members (excludes halogenated alkanes) is 1.